The van der Waals surface area contributed by atoms with Crippen LogP contribution >= 0.6 is 11.3 Å². The van der Waals surface area contributed by atoms with Crippen LogP contribution in [0.1, 0.15) is 44.4 Å². The molecule has 4 rings (SSSR count). The number of nitrogens with zero attached hydrogens (tertiary/aromatic N) is 3. The molecule has 0 bridgehead atoms. The van der Waals surface area contributed by atoms with Gasteiger partial charge in [-0.15, -0.1) is 10.2 Å². The number of piperidine rings is 1. The van der Waals surface area contributed by atoms with Gasteiger partial charge >= 0.3 is 0 Å². The molecule has 2 amide bonds. The van der Waals surface area contributed by atoms with Gasteiger partial charge in [-0.25, -0.2) is 4.39 Å². The van der Waals surface area contributed by atoms with Crippen LogP contribution in [0.3, 0.4) is 0 Å². The van der Waals surface area contributed by atoms with Gasteiger partial charge in [-0.05, 0) is 68.4 Å². The lowest BCUT2D eigenvalue weighted by molar-refractivity contribution is 0.0945. The summed E-state index contributed by atoms with van der Waals surface area (Å²) in [4.78, 5) is 27.4. The molecular formula is C24H26FN5O3S. The van der Waals surface area contributed by atoms with Crippen molar-refractivity contribution in [2.24, 2.45) is 0 Å². The van der Waals surface area contributed by atoms with Crippen molar-refractivity contribution in [1.29, 1.82) is 0 Å². The third-order valence-electron chi connectivity index (χ3n) is 5.38. The summed E-state index contributed by atoms with van der Waals surface area (Å²) in [6, 6.07) is 12.4. The summed E-state index contributed by atoms with van der Waals surface area (Å²) in [6.45, 7) is 3.71. The Kier molecular flexibility index (Phi) is 8.16. The lowest BCUT2D eigenvalue weighted by Crippen LogP contribution is -2.37. The van der Waals surface area contributed by atoms with Crippen molar-refractivity contribution in [3.8, 4) is 5.75 Å². The Balaban J connectivity index is 1.27. The molecule has 1 aliphatic rings. The number of halogens is 1. The normalized spacial score (nSPS) is 13.9. The maximum Gasteiger partial charge on any atom is 0.286 e. The number of anilines is 1. The molecule has 2 heterocycles. The molecule has 0 saturated carbocycles. The van der Waals surface area contributed by atoms with Crippen LogP contribution < -0.4 is 15.4 Å². The second kappa shape index (κ2) is 11.7. The van der Waals surface area contributed by atoms with E-state index in [1.807, 2.05) is 0 Å². The molecule has 8 nitrogen and oxygen atoms in total. The Morgan fingerprint density at radius 2 is 1.82 bits per heavy atom. The molecule has 2 N–H and O–H groups in total. The van der Waals surface area contributed by atoms with Crippen molar-refractivity contribution >= 4 is 28.8 Å². The molecule has 0 spiro atoms. The predicted octanol–water partition coefficient (Wildman–Crippen LogP) is 3.72. The Hall–Kier alpha value is -3.37. The summed E-state index contributed by atoms with van der Waals surface area (Å²) >= 11 is 1.10. The van der Waals surface area contributed by atoms with Crippen molar-refractivity contribution in [2.45, 2.75) is 25.9 Å². The van der Waals surface area contributed by atoms with Gasteiger partial charge in [0.15, 0.2) is 5.01 Å². The van der Waals surface area contributed by atoms with E-state index >= 15 is 0 Å². The van der Waals surface area contributed by atoms with Crippen LogP contribution in [0.25, 0.3) is 0 Å². The number of nitrogens with one attached hydrogen (secondary N) is 2. The van der Waals surface area contributed by atoms with Crippen molar-refractivity contribution < 1.29 is 18.7 Å². The number of aromatic nitrogens is 2. The fraction of sp³-hybridized carbons (Fsp3) is 0.333. The fourth-order valence-electron chi connectivity index (χ4n) is 3.61. The van der Waals surface area contributed by atoms with E-state index in [2.05, 4.69) is 25.7 Å². The van der Waals surface area contributed by atoms with Crippen molar-refractivity contribution in [1.82, 2.24) is 20.4 Å². The number of likely N-dealkylation sites (tertiary alicyclic amines) is 1. The maximum atomic E-state index is 13.0. The van der Waals surface area contributed by atoms with E-state index in [0.29, 0.717) is 28.6 Å². The van der Waals surface area contributed by atoms with Crippen LogP contribution in [0, 0.1) is 5.82 Å². The highest BCUT2D eigenvalue weighted by atomic mass is 32.1. The molecule has 2 aromatic carbocycles. The highest BCUT2D eigenvalue weighted by Gasteiger charge is 2.15. The van der Waals surface area contributed by atoms with E-state index in [0.717, 1.165) is 31.0 Å². The second-order valence-electron chi connectivity index (χ2n) is 7.94. The predicted molar refractivity (Wildman–Crippen MR) is 128 cm³/mol. The van der Waals surface area contributed by atoms with Gasteiger partial charge in [0.05, 0.1) is 0 Å². The van der Waals surface area contributed by atoms with E-state index < -0.39 is 5.91 Å². The third-order valence-corrected chi connectivity index (χ3v) is 6.28. The Bertz CT molecular complexity index is 1120. The molecule has 34 heavy (non-hydrogen) atoms. The van der Waals surface area contributed by atoms with Crippen LogP contribution in [0.5, 0.6) is 5.75 Å². The summed E-state index contributed by atoms with van der Waals surface area (Å²) < 4.78 is 18.5. The molecule has 0 aliphatic carbocycles. The molecule has 1 aromatic heterocycles. The summed E-state index contributed by atoms with van der Waals surface area (Å²) in [5.74, 6) is -0.452. The largest absolute Gasteiger partial charge is 0.486 e. The van der Waals surface area contributed by atoms with Gasteiger partial charge in [0.1, 0.15) is 18.2 Å². The fourth-order valence-corrected chi connectivity index (χ4v) is 4.26. The first-order valence-electron chi connectivity index (χ1n) is 11.2. The molecule has 0 atom stereocenters. The highest BCUT2D eigenvalue weighted by molar-refractivity contribution is 7.13. The monoisotopic (exact) mass is 483 g/mol. The SMILES string of the molecule is O=C(NCCN1CCCCC1)c1cccc(NC(=O)c2nnc(COc3ccc(F)cc3)s2)c1. The van der Waals surface area contributed by atoms with E-state index in [1.165, 1.54) is 43.5 Å². The zero-order chi connectivity index (χ0) is 23.8. The Morgan fingerprint density at radius 3 is 2.62 bits per heavy atom. The molecule has 3 aromatic rings. The average molecular weight is 484 g/mol. The van der Waals surface area contributed by atoms with Gasteiger partial charge in [-0.2, -0.15) is 0 Å². The molecule has 1 aliphatic heterocycles. The molecule has 0 radical (unpaired) electrons. The van der Waals surface area contributed by atoms with Crippen LogP contribution in [0.15, 0.2) is 48.5 Å². The van der Waals surface area contributed by atoms with Gasteiger partial charge in [0.2, 0.25) is 5.01 Å². The summed E-state index contributed by atoms with van der Waals surface area (Å²) in [6.07, 6.45) is 3.71. The van der Waals surface area contributed by atoms with E-state index in [9.17, 15) is 14.0 Å². The molecule has 0 unspecified atom stereocenters. The van der Waals surface area contributed by atoms with E-state index in [1.54, 1.807) is 24.3 Å². The second-order valence-corrected chi connectivity index (χ2v) is 9.00. The van der Waals surface area contributed by atoms with E-state index in [4.69, 9.17) is 4.74 Å². The highest BCUT2D eigenvalue weighted by Crippen LogP contribution is 2.18. The summed E-state index contributed by atoms with van der Waals surface area (Å²) in [7, 11) is 0. The lowest BCUT2D eigenvalue weighted by atomic mass is 10.1. The van der Waals surface area contributed by atoms with Gasteiger partial charge in [0.25, 0.3) is 11.8 Å². The topological polar surface area (TPSA) is 96.5 Å². The molecule has 178 valence electrons. The number of rotatable bonds is 9. The summed E-state index contributed by atoms with van der Waals surface area (Å²) in [5, 5.41) is 14.3. The smallest absolute Gasteiger partial charge is 0.286 e. The Morgan fingerprint density at radius 1 is 1.03 bits per heavy atom. The zero-order valence-electron chi connectivity index (χ0n) is 18.6. The first kappa shape index (κ1) is 23.8. The summed E-state index contributed by atoms with van der Waals surface area (Å²) in [5.41, 5.74) is 0.968. The number of hydrogen-bond acceptors (Lipinski definition) is 7. The number of benzene rings is 2. The first-order chi connectivity index (χ1) is 16.6. The van der Waals surface area contributed by atoms with E-state index in [-0.39, 0.29) is 23.3 Å². The lowest BCUT2D eigenvalue weighted by Gasteiger charge is -2.26. The minimum Gasteiger partial charge on any atom is -0.486 e. The minimum absolute atomic E-state index is 0.115. The molecule has 1 fully saturated rings. The average Bonchev–Trinajstić information content (AvgIpc) is 3.34. The van der Waals surface area contributed by atoms with Gasteiger partial charge in [-0.3, -0.25) is 9.59 Å². The number of amides is 2. The molecule has 10 heteroatoms. The number of ether oxygens (including phenoxy) is 1. The maximum absolute atomic E-state index is 13.0. The quantitative estimate of drug-likeness (QED) is 0.482. The number of carbonyl (C=O) groups is 2. The van der Waals surface area contributed by atoms with Gasteiger partial charge in [-0.1, -0.05) is 23.8 Å². The van der Waals surface area contributed by atoms with Crippen LogP contribution in [-0.4, -0.2) is 53.1 Å². The number of hydrogen-bond donors (Lipinski definition) is 2. The van der Waals surface area contributed by atoms with Crippen LogP contribution in [-0.2, 0) is 6.61 Å². The van der Waals surface area contributed by atoms with Gasteiger partial charge in [0, 0.05) is 24.3 Å². The van der Waals surface area contributed by atoms with Gasteiger partial charge < -0.3 is 20.3 Å². The van der Waals surface area contributed by atoms with Crippen molar-refractivity contribution in [3.63, 3.8) is 0 Å². The molecular weight excluding hydrogens is 457 g/mol. The standard InChI is InChI=1S/C24H26FN5O3S/c25-18-7-9-20(10-8-18)33-16-21-28-29-24(34-21)23(32)27-19-6-4-5-17(15-19)22(31)26-11-14-30-12-2-1-3-13-30/h4-10,15H,1-3,11-14,16H2,(H,26,31)(H,27,32). The van der Waals surface area contributed by atoms with Crippen LogP contribution in [0.4, 0.5) is 10.1 Å². The van der Waals surface area contributed by atoms with Crippen LogP contribution in [0.2, 0.25) is 0 Å². The van der Waals surface area contributed by atoms with Crippen molar-refractivity contribution in [2.75, 3.05) is 31.5 Å². The molecule has 1 saturated heterocycles. The first-order valence-corrected chi connectivity index (χ1v) is 12.0. The Labute approximate surface area is 201 Å². The minimum atomic E-state index is -0.423. The number of carbonyl (C=O) groups excluding carboxylic acids is 2. The van der Waals surface area contributed by atoms with Crippen molar-refractivity contribution in [3.05, 3.63) is 69.9 Å². The zero-order valence-corrected chi connectivity index (χ0v) is 19.4. The third kappa shape index (κ3) is 6.82.